The zero-order valence-corrected chi connectivity index (χ0v) is 12.3. The maximum absolute atomic E-state index is 12.7. The number of carbonyl (C=O) groups is 3. The molecule has 5 nitrogen and oxygen atoms in total. The van der Waals surface area contributed by atoms with E-state index in [4.69, 9.17) is 5.11 Å². The molecule has 1 unspecified atom stereocenters. The van der Waals surface area contributed by atoms with Crippen molar-refractivity contribution in [2.75, 3.05) is 0 Å². The van der Waals surface area contributed by atoms with E-state index in [1.807, 2.05) is 30.3 Å². The highest BCUT2D eigenvalue weighted by atomic mass is 16.4. The Morgan fingerprint density at radius 1 is 1.00 bits per heavy atom. The Bertz CT molecular complexity index is 770. The molecule has 23 heavy (non-hydrogen) atoms. The summed E-state index contributed by atoms with van der Waals surface area (Å²) in [5, 5.41) is 9.10. The molecule has 116 valence electrons. The molecule has 3 rings (SSSR count). The van der Waals surface area contributed by atoms with Gasteiger partial charge in [0.2, 0.25) is 5.91 Å². The van der Waals surface area contributed by atoms with Crippen LogP contribution in [0.2, 0.25) is 0 Å². The zero-order chi connectivity index (χ0) is 16.4. The smallest absolute Gasteiger partial charge is 0.304 e. The van der Waals surface area contributed by atoms with Gasteiger partial charge in [0.15, 0.2) is 0 Å². The minimum absolute atomic E-state index is 0.142. The summed E-state index contributed by atoms with van der Waals surface area (Å²) in [6.07, 6.45) is -0.325. The fourth-order valence-corrected chi connectivity index (χ4v) is 2.85. The van der Waals surface area contributed by atoms with Crippen LogP contribution >= 0.6 is 0 Å². The minimum atomic E-state index is -1.06. The second kappa shape index (κ2) is 6.04. The summed E-state index contributed by atoms with van der Waals surface area (Å²) in [5.74, 6) is -2.73. The average Bonchev–Trinajstić information content (AvgIpc) is 2.56. The van der Waals surface area contributed by atoms with Gasteiger partial charge in [0.05, 0.1) is 18.9 Å². The highest BCUT2D eigenvalue weighted by Gasteiger charge is 2.39. The van der Waals surface area contributed by atoms with Crippen molar-refractivity contribution in [1.29, 1.82) is 0 Å². The van der Waals surface area contributed by atoms with Crippen LogP contribution in [0.15, 0.2) is 54.6 Å². The quantitative estimate of drug-likeness (QED) is 0.880. The first-order valence-corrected chi connectivity index (χ1v) is 7.28. The van der Waals surface area contributed by atoms with Crippen molar-refractivity contribution in [2.24, 2.45) is 0 Å². The number of benzene rings is 2. The van der Waals surface area contributed by atoms with Crippen LogP contribution in [-0.4, -0.2) is 27.8 Å². The van der Waals surface area contributed by atoms with Crippen LogP contribution in [-0.2, 0) is 16.1 Å². The largest absolute Gasteiger partial charge is 0.481 e. The van der Waals surface area contributed by atoms with Gasteiger partial charge in [0.25, 0.3) is 5.91 Å². The van der Waals surface area contributed by atoms with Gasteiger partial charge in [-0.2, -0.15) is 0 Å². The molecule has 1 aliphatic heterocycles. The van der Waals surface area contributed by atoms with Gasteiger partial charge in [-0.1, -0.05) is 48.5 Å². The van der Waals surface area contributed by atoms with E-state index in [9.17, 15) is 14.4 Å². The van der Waals surface area contributed by atoms with Crippen molar-refractivity contribution in [1.82, 2.24) is 4.90 Å². The first-order chi connectivity index (χ1) is 11.1. The summed E-state index contributed by atoms with van der Waals surface area (Å²) in [4.78, 5) is 37.6. The number of aliphatic carboxylic acids is 1. The molecule has 1 N–H and O–H groups in total. The summed E-state index contributed by atoms with van der Waals surface area (Å²) in [6, 6.07) is 15.9. The summed E-state index contributed by atoms with van der Waals surface area (Å²) in [7, 11) is 0. The Kier molecular flexibility index (Phi) is 3.93. The van der Waals surface area contributed by atoms with Gasteiger partial charge in [-0.25, -0.2) is 0 Å². The Balaban J connectivity index is 2.00. The number of carboxylic acids is 1. The van der Waals surface area contributed by atoms with E-state index in [2.05, 4.69) is 0 Å². The molecule has 0 radical (unpaired) electrons. The van der Waals surface area contributed by atoms with Crippen LogP contribution in [0.3, 0.4) is 0 Å². The molecule has 0 saturated heterocycles. The molecule has 0 bridgehead atoms. The molecule has 2 aromatic carbocycles. The SMILES string of the molecule is O=C(O)CC1C(=O)N(Cc2ccccc2)C(=O)c2ccccc21. The average molecular weight is 309 g/mol. The molecular weight excluding hydrogens is 294 g/mol. The zero-order valence-electron chi connectivity index (χ0n) is 12.3. The Labute approximate surface area is 133 Å². The number of carboxylic acid groups (broad SMARTS) is 1. The van der Waals surface area contributed by atoms with Crippen LogP contribution in [0.25, 0.3) is 0 Å². The lowest BCUT2D eigenvalue weighted by Crippen LogP contribution is -2.44. The summed E-state index contributed by atoms with van der Waals surface area (Å²) >= 11 is 0. The third-order valence-electron chi connectivity index (χ3n) is 3.94. The van der Waals surface area contributed by atoms with Gasteiger partial charge in [0.1, 0.15) is 0 Å². The first-order valence-electron chi connectivity index (χ1n) is 7.28. The molecular formula is C18H15NO4. The molecule has 0 aromatic heterocycles. The third-order valence-corrected chi connectivity index (χ3v) is 3.94. The van der Waals surface area contributed by atoms with Gasteiger partial charge in [-0.3, -0.25) is 19.3 Å². The number of imide groups is 1. The fourth-order valence-electron chi connectivity index (χ4n) is 2.85. The van der Waals surface area contributed by atoms with Crippen LogP contribution in [0.5, 0.6) is 0 Å². The van der Waals surface area contributed by atoms with Crippen molar-refractivity contribution in [3.8, 4) is 0 Å². The second-order valence-electron chi connectivity index (χ2n) is 5.45. The van der Waals surface area contributed by atoms with Crippen LogP contribution in [0.1, 0.15) is 33.8 Å². The van der Waals surface area contributed by atoms with Crippen molar-refractivity contribution in [3.63, 3.8) is 0 Å². The molecule has 0 aliphatic carbocycles. The highest BCUT2D eigenvalue weighted by Crippen LogP contribution is 2.32. The van der Waals surface area contributed by atoms with E-state index < -0.39 is 17.8 Å². The first kappa shape index (κ1) is 15.0. The maximum Gasteiger partial charge on any atom is 0.304 e. The molecule has 0 saturated carbocycles. The number of rotatable bonds is 4. The van der Waals surface area contributed by atoms with Gasteiger partial charge < -0.3 is 5.11 Å². The number of fused-ring (bicyclic) bond motifs is 1. The van der Waals surface area contributed by atoms with Crippen molar-refractivity contribution >= 4 is 17.8 Å². The molecule has 1 heterocycles. The molecule has 0 fully saturated rings. The lowest BCUT2D eigenvalue weighted by atomic mass is 9.86. The second-order valence-corrected chi connectivity index (χ2v) is 5.45. The van der Waals surface area contributed by atoms with Crippen LogP contribution in [0, 0.1) is 0 Å². The van der Waals surface area contributed by atoms with Crippen molar-refractivity contribution < 1.29 is 19.5 Å². The number of amides is 2. The number of hydrogen-bond donors (Lipinski definition) is 1. The molecule has 1 aliphatic rings. The molecule has 0 spiro atoms. The molecule has 2 aromatic rings. The van der Waals surface area contributed by atoms with Crippen LogP contribution < -0.4 is 0 Å². The number of carbonyl (C=O) groups excluding carboxylic acids is 2. The normalized spacial score (nSPS) is 17.0. The van der Waals surface area contributed by atoms with E-state index in [0.29, 0.717) is 11.1 Å². The lowest BCUT2D eigenvalue weighted by Gasteiger charge is -2.32. The van der Waals surface area contributed by atoms with Crippen molar-refractivity contribution in [3.05, 3.63) is 71.3 Å². The number of hydrogen-bond acceptors (Lipinski definition) is 3. The molecule has 2 amide bonds. The van der Waals surface area contributed by atoms with Gasteiger partial charge in [-0.15, -0.1) is 0 Å². The fraction of sp³-hybridized carbons (Fsp3) is 0.167. The third kappa shape index (κ3) is 2.85. The summed E-state index contributed by atoms with van der Waals surface area (Å²) in [5.41, 5.74) is 1.71. The van der Waals surface area contributed by atoms with E-state index >= 15 is 0 Å². The standard InChI is InChI=1S/C18H15NO4/c20-16(21)10-15-13-8-4-5-9-14(13)17(22)19(18(15)23)11-12-6-2-1-3-7-12/h1-9,15H,10-11H2,(H,20,21). The van der Waals surface area contributed by atoms with Crippen molar-refractivity contribution in [2.45, 2.75) is 18.9 Å². The summed E-state index contributed by atoms with van der Waals surface area (Å²) in [6.45, 7) is 0.142. The summed E-state index contributed by atoms with van der Waals surface area (Å²) < 4.78 is 0. The highest BCUT2D eigenvalue weighted by molar-refractivity contribution is 6.12. The molecule has 5 heteroatoms. The topological polar surface area (TPSA) is 74.7 Å². The predicted molar refractivity (Wildman–Crippen MR) is 82.8 cm³/mol. The van der Waals surface area contributed by atoms with E-state index in [-0.39, 0.29) is 18.9 Å². The Morgan fingerprint density at radius 3 is 2.35 bits per heavy atom. The van der Waals surface area contributed by atoms with E-state index in [1.165, 1.54) is 0 Å². The molecule has 1 atom stereocenters. The van der Waals surface area contributed by atoms with Gasteiger partial charge >= 0.3 is 5.97 Å². The minimum Gasteiger partial charge on any atom is -0.481 e. The van der Waals surface area contributed by atoms with E-state index in [0.717, 1.165) is 10.5 Å². The van der Waals surface area contributed by atoms with E-state index in [1.54, 1.807) is 24.3 Å². The Hall–Kier alpha value is -2.95. The monoisotopic (exact) mass is 309 g/mol. The van der Waals surface area contributed by atoms with Gasteiger partial charge in [0, 0.05) is 5.56 Å². The number of nitrogens with zero attached hydrogens (tertiary/aromatic N) is 1. The Morgan fingerprint density at radius 2 is 1.65 bits per heavy atom. The van der Waals surface area contributed by atoms with Gasteiger partial charge in [-0.05, 0) is 17.2 Å². The van der Waals surface area contributed by atoms with Crippen LogP contribution in [0.4, 0.5) is 0 Å². The lowest BCUT2D eigenvalue weighted by molar-refractivity contribution is -0.141. The predicted octanol–water partition coefficient (Wildman–Crippen LogP) is 2.43. The maximum atomic E-state index is 12.7.